The maximum Gasteiger partial charge on any atom is 0.356 e. The van der Waals surface area contributed by atoms with E-state index in [1.807, 2.05) is 11.8 Å². The molecule has 0 aliphatic heterocycles. The number of rotatable bonds is 6. The molecule has 0 saturated carbocycles. The molecule has 0 fully saturated rings. The minimum absolute atomic E-state index is 0.00354. The Labute approximate surface area is 106 Å². The number of ether oxygens (including phenoxy) is 1. The summed E-state index contributed by atoms with van der Waals surface area (Å²) in [4.78, 5) is 17.5. The molecule has 1 rings (SSSR count). The highest BCUT2D eigenvalue weighted by atomic mass is 16.5. The first-order valence-electron chi connectivity index (χ1n) is 5.84. The van der Waals surface area contributed by atoms with Gasteiger partial charge in [-0.2, -0.15) is 0 Å². The topological polar surface area (TPSA) is 88.7 Å². The van der Waals surface area contributed by atoms with E-state index in [-0.39, 0.29) is 12.3 Å². The van der Waals surface area contributed by atoms with E-state index in [9.17, 15) is 4.79 Å². The van der Waals surface area contributed by atoms with Crippen molar-refractivity contribution in [2.24, 2.45) is 0 Å². The third-order valence-corrected chi connectivity index (χ3v) is 2.46. The number of aliphatic hydroxyl groups excluding tert-OH is 1. The van der Waals surface area contributed by atoms with E-state index in [0.717, 1.165) is 6.42 Å². The molecule has 0 aromatic carbocycles. The van der Waals surface area contributed by atoms with Gasteiger partial charge in [-0.05, 0) is 18.6 Å². The molecule has 0 spiro atoms. The maximum atomic E-state index is 11.4. The second-order valence-electron chi connectivity index (χ2n) is 3.81. The van der Waals surface area contributed by atoms with Gasteiger partial charge in [-0.25, -0.2) is 9.78 Å². The zero-order valence-electron chi connectivity index (χ0n) is 10.7. The average Bonchev–Trinajstić information content (AvgIpc) is 2.38. The number of hydrogen-bond acceptors (Lipinski definition) is 6. The Morgan fingerprint density at radius 3 is 2.78 bits per heavy atom. The number of aliphatic hydroxyl groups is 1. The van der Waals surface area contributed by atoms with Gasteiger partial charge in [-0.1, -0.05) is 6.92 Å². The second-order valence-corrected chi connectivity index (χ2v) is 3.81. The number of anilines is 2. The van der Waals surface area contributed by atoms with Crippen molar-refractivity contribution < 1.29 is 14.6 Å². The van der Waals surface area contributed by atoms with Gasteiger partial charge in [0.15, 0.2) is 11.5 Å². The van der Waals surface area contributed by atoms with Crippen LogP contribution in [0.4, 0.5) is 11.5 Å². The van der Waals surface area contributed by atoms with E-state index < -0.39 is 5.97 Å². The lowest BCUT2D eigenvalue weighted by Crippen LogP contribution is -2.29. The summed E-state index contributed by atoms with van der Waals surface area (Å²) in [7, 11) is 1.30. The SMILES string of the molecule is CCCN(CCO)c1nc(C(=O)OC)ccc1N. The highest BCUT2D eigenvalue weighted by molar-refractivity contribution is 5.88. The summed E-state index contributed by atoms with van der Waals surface area (Å²) >= 11 is 0. The van der Waals surface area contributed by atoms with Gasteiger partial charge in [0.25, 0.3) is 0 Å². The first kappa shape index (κ1) is 14.2. The quantitative estimate of drug-likeness (QED) is 0.724. The van der Waals surface area contributed by atoms with Crippen LogP contribution in [-0.2, 0) is 4.74 Å². The lowest BCUT2D eigenvalue weighted by atomic mass is 10.3. The lowest BCUT2D eigenvalue weighted by molar-refractivity contribution is 0.0594. The summed E-state index contributed by atoms with van der Waals surface area (Å²) in [5, 5.41) is 9.04. The minimum Gasteiger partial charge on any atom is -0.464 e. The molecule has 0 aliphatic rings. The van der Waals surface area contributed by atoms with Crippen molar-refractivity contribution in [3.63, 3.8) is 0 Å². The predicted molar refractivity (Wildman–Crippen MR) is 69.6 cm³/mol. The van der Waals surface area contributed by atoms with E-state index in [4.69, 9.17) is 10.8 Å². The predicted octanol–water partition coefficient (Wildman–Crippen LogP) is 0.659. The molecule has 1 aromatic heterocycles. The molecule has 100 valence electrons. The van der Waals surface area contributed by atoms with Crippen LogP contribution in [0.3, 0.4) is 0 Å². The van der Waals surface area contributed by atoms with Gasteiger partial charge in [0.2, 0.25) is 0 Å². The number of methoxy groups -OCH3 is 1. The average molecular weight is 253 g/mol. The van der Waals surface area contributed by atoms with Crippen molar-refractivity contribution in [3.8, 4) is 0 Å². The number of nitrogens with zero attached hydrogens (tertiary/aromatic N) is 2. The van der Waals surface area contributed by atoms with E-state index in [2.05, 4.69) is 9.72 Å². The number of hydrogen-bond donors (Lipinski definition) is 2. The van der Waals surface area contributed by atoms with Crippen LogP contribution in [0.5, 0.6) is 0 Å². The molecular formula is C12H19N3O3. The first-order chi connectivity index (χ1) is 8.63. The largest absolute Gasteiger partial charge is 0.464 e. The van der Waals surface area contributed by atoms with E-state index in [0.29, 0.717) is 24.6 Å². The Bertz CT molecular complexity index is 404. The molecule has 0 bridgehead atoms. The molecule has 0 amide bonds. The summed E-state index contributed by atoms with van der Waals surface area (Å²) in [6.45, 7) is 3.16. The molecule has 0 unspecified atom stereocenters. The summed E-state index contributed by atoms with van der Waals surface area (Å²) < 4.78 is 4.62. The molecule has 1 aromatic rings. The van der Waals surface area contributed by atoms with Crippen molar-refractivity contribution in [2.45, 2.75) is 13.3 Å². The molecule has 0 radical (unpaired) electrons. The molecule has 3 N–H and O–H groups in total. The maximum absolute atomic E-state index is 11.4. The van der Waals surface area contributed by atoms with Crippen molar-refractivity contribution in [3.05, 3.63) is 17.8 Å². The highest BCUT2D eigenvalue weighted by Crippen LogP contribution is 2.21. The molecule has 0 aliphatic carbocycles. The van der Waals surface area contributed by atoms with Gasteiger partial charge in [0, 0.05) is 13.1 Å². The number of pyridine rings is 1. The number of esters is 1. The Morgan fingerprint density at radius 1 is 1.50 bits per heavy atom. The van der Waals surface area contributed by atoms with E-state index in [1.165, 1.54) is 13.2 Å². The van der Waals surface area contributed by atoms with Crippen LogP contribution in [0.1, 0.15) is 23.8 Å². The van der Waals surface area contributed by atoms with Gasteiger partial charge < -0.3 is 20.5 Å². The standard InChI is InChI=1S/C12H19N3O3/c1-3-6-15(7-8-16)11-9(13)4-5-10(14-11)12(17)18-2/h4-5,16H,3,6-8,13H2,1-2H3. The van der Waals surface area contributed by atoms with Gasteiger partial charge in [-0.15, -0.1) is 0 Å². The summed E-state index contributed by atoms with van der Waals surface area (Å²) in [6.07, 6.45) is 0.892. The molecule has 6 nitrogen and oxygen atoms in total. The normalized spacial score (nSPS) is 10.2. The van der Waals surface area contributed by atoms with E-state index >= 15 is 0 Å². The zero-order chi connectivity index (χ0) is 13.5. The fourth-order valence-electron chi connectivity index (χ4n) is 1.64. The highest BCUT2D eigenvalue weighted by Gasteiger charge is 2.14. The van der Waals surface area contributed by atoms with Crippen LogP contribution in [0.25, 0.3) is 0 Å². The summed E-state index contributed by atoms with van der Waals surface area (Å²) in [5.74, 6) is 0.00509. The molecule has 1 heterocycles. The van der Waals surface area contributed by atoms with Gasteiger partial charge >= 0.3 is 5.97 Å². The summed E-state index contributed by atoms with van der Waals surface area (Å²) in [5.41, 5.74) is 6.54. The molecular weight excluding hydrogens is 234 g/mol. The monoisotopic (exact) mass is 253 g/mol. The third-order valence-electron chi connectivity index (χ3n) is 2.46. The summed E-state index contributed by atoms with van der Waals surface area (Å²) in [6, 6.07) is 3.14. The van der Waals surface area contributed by atoms with Crippen LogP contribution in [-0.4, -0.2) is 42.9 Å². The first-order valence-corrected chi connectivity index (χ1v) is 5.84. The molecule has 0 atom stereocenters. The number of nitrogen functional groups attached to an aromatic ring is 1. The Morgan fingerprint density at radius 2 is 2.22 bits per heavy atom. The van der Waals surface area contributed by atoms with Gasteiger partial charge in [0.05, 0.1) is 19.4 Å². The molecule has 18 heavy (non-hydrogen) atoms. The van der Waals surface area contributed by atoms with Crippen LogP contribution < -0.4 is 10.6 Å². The van der Waals surface area contributed by atoms with Gasteiger partial charge in [-0.3, -0.25) is 0 Å². The minimum atomic E-state index is -0.503. The molecule has 6 heteroatoms. The van der Waals surface area contributed by atoms with E-state index in [1.54, 1.807) is 6.07 Å². The fraction of sp³-hybridized carbons (Fsp3) is 0.500. The number of carbonyl (C=O) groups excluding carboxylic acids is 1. The van der Waals surface area contributed by atoms with Crippen molar-refractivity contribution >= 4 is 17.5 Å². The number of aromatic nitrogens is 1. The Balaban J connectivity index is 3.07. The third kappa shape index (κ3) is 3.33. The number of nitrogens with two attached hydrogens (primary N) is 1. The van der Waals surface area contributed by atoms with Crippen LogP contribution >= 0.6 is 0 Å². The van der Waals surface area contributed by atoms with Crippen molar-refractivity contribution in [1.82, 2.24) is 4.98 Å². The zero-order valence-corrected chi connectivity index (χ0v) is 10.7. The van der Waals surface area contributed by atoms with Gasteiger partial charge in [0.1, 0.15) is 0 Å². The lowest BCUT2D eigenvalue weighted by Gasteiger charge is -2.23. The van der Waals surface area contributed by atoms with Crippen molar-refractivity contribution in [2.75, 3.05) is 37.4 Å². The van der Waals surface area contributed by atoms with Crippen LogP contribution in [0, 0.1) is 0 Å². The fourth-order valence-corrected chi connectivity index (χ4v) is 1.64. The van der Waals surface area contributed by atoms with Crippen LogP contribution in [0.2, 0.25) is 0 Å². The second kappa shape index (κ2) is 6.80. The van der Waals surface area contributed by atoms with Crippen molar-refractivity contribution in [1.29, 1.82) is 0 Å². The molecule has 0 saturated heterocycles. The Hall–Kier alpha value is -1.82. The number of carbonyl (C=O) groups is 1. The smallest absolute Gasteiger partial charge is 0.356 e. The van der Waals surface area contributed by atoms with Crippen LogP contribution in [0.15, 0.2) is 12.1 Å². The Kier molecular flexibility index (Phi) is 5.38.